The predicted molar refractivity (Wildman–Crippen MR) is 114 cm³/mol. The van der Waals surface area contributed by atoms with Crippen molar-refractivity contribution in [1.29, 1.82) is 0 Å². The number of phenolic OH excluding ortho intramolecular Hbond substituents is 1. The summed E-state index contributed by atoms with van der Waals surface area (Å²) in [5, 5.41) is 34.0. The van der Waals surface area contributed by atoms with Crippen LogP contribution in [0.15, 0.2) is 30.3 Å². The second kappa shape index (κ2) is 10.1. The molecular weight excluding hydrogens is 448 g/mol. The Kier molecular flexibility index (Phi) is 7.20. The Labute approximate surface area is 193 Å². The van der Waals surface area contributed by atoms with E-state index in [-0.39, 0.29) is 30.1 Å². The van der Waals surface area contributed by atoms with Crippen molar-refractivity contribution in [3.05, 3.63) is 53.6 Å². The fraction of sp³-hybridized carbons (Fsp3) is 0.273. The number of aliphatic carboxylic acids is 1. The summed E-state index contributed by atoms with van der Waals surface area (Å²) in [6.07, 6.45) is -2.47. The summed E-state index contributed by atoms with van der Waals surface area (Å²) in [5.74, 6) is -4.78. The molecule has 0 saturated heterocycles. The SMILES string of the molecule is NC(=O)C(O)C1NC(=O)C(N)Cc2ccc(O)c(c2)Oc2c#cc(cc2)CC(C(=O)O)NC1=O. The first-order valence-corrected chi connectivity index (χ1v) is 10.0. The molecule has 4 atom stereocenters. The molecule has 2 aliphatic rings. The van der Waals surface area contributed by atoms with E-state index in [1.54, 1.807) is 0 Å². The number of benzene rings is 1. The average molecular weight is 470 g/mol. The highest BCUT2D eigenvalue weighted by Crippen LogP contribution is 2.31. The van der Waals surface area contributed by atoms with Crippen molar-refractivity contribution in [3.8, 4) is 17.2 Å². The number of fused-ring (bicyclic) bond motifs is 9. The number of carboxylic acid groups (broad SMARTS) is 1. The van der Waals surface area contributed by atoms with Gasteiger partial charge >= 0.3 is 5.97 Å². The largest absolute Gasteiger partial charge is 0.504 e. The molecule has 0 saturated carbocycles. The lowest BCUT2D eigenvalue weighted by Gasteiger charge is -2.25. The molecule has 2 aromatic rings. The van der Waals surface area contributed by atoms with Gasteiger partial charge in [0.15, 0.2) is 23.4 Å². The first-order valence-electron chi connectivity index (χ1n) is 10.0. The quantitative estimate of drug-likeness (QED) is 0.267. The van der Waals surface area contributed by atoms with Crippen LogP contribution in [0, 0.1) is 12.1 Å². The molecule has 3 amide bonds. The minimum absolute atomic E-state index is 0.0501. The van der Waals surface area contributed by atoms with Gasteiger partial charge in [-0.15, -0.1) is 0 Å². The molecule has 12 nitrogen and oxygen atoms in total. The molecule has 4 unspecified atom stereocenters. The molecule has 0 fully saturated rings. The number of aliphatic hydroxyl groups excluding tert-OH is 1. The van der Waals surface area contributed by atoms with Crippen LogP contribution < -0.4 is 26.8 Å². The van der Waals surface area contributed by atoms with Gasteiger partial charge in [0.25, 0.3) is 0 Å². The van der Waals surface area contributed by atoms with Crippen LogP contribution in [0.3, 0.4) is 0 Å². The number of carbonyl (C=O) groups excluding carboxylic acids is 3. The van der Waals surface area contributed by atoms with Gasteiger partial charge in [-0.05, 0) is 42.3 Å². The minimum atomic E-state index is -2.15. The third-order valence-corrected chi connectivity index (χ3v) is 5.04. The molecular formula is C22H22N4O8. The third kappa shape index (κ3) is 5.71. The van der Waals surface area contributed by atoms with Gasteiger partial charge in [-0.25, -0.2) is 4.79 Å². The molecule has 178 valence electrons. The van der Waals surface area contributed by atoms with E-state index in [9.17, 15) is 34.5 Å². The number of hydrogen-bond acceptors (Lipinski definition) is 8. The maximum Gasteiger partial charge on any atom is 0.326 e. The van der Waals surface area contributed by atoms with E-state index < -0.39 is 47.9 Å². The van der Waals surface area contributed by atoms with Gasteiger partial charge in [-0.2, -0.15) is 0 Å². The van der Waals surface area contributed by atoms with Crippen LogP contribution >= 0.6 is 0 Å². The van der Waals surface area contributed by atoms with Crippen LogP contribution in [0.25, 0.3) is 0 Å². The summed E-state index contributed by atoms with van der Waals surface area (Å²) in [6, 6.07) is 7.99. The number of amides is 3. The van der Waals surface area contributed by atoms with Crippen molar-refractivity contribution < 1.29 is 39.2 Å². The van der Waals surface area contributed by atoms with E-state index in [1.165, 1.54) is 30.3 Å². The zero-order valence-corrected chi connectivity index (χ0v) is 17.6. The monoisotopic (exact) mass is 470 g/mol. The fourth-order valence-corrected chi connectivity index (χ4v) is 3.21. The Hall–Kier alpha value is -4.34. The Morgan fingerprint density at radius 2 is 1.82 bits per heavy atom. The third-order valence-electron chi connectivity index (χ3n) is 5.04. The lowest BCUT2D eigenvalue weighted by Crippen LogP contribution is -2.61. The smallest absolute Gasteiger partial charge is 0.326 e. The van der Waals surface area contributed by atoms with Gasteiger partial charge in [0.05, 0.1) is 6.04 Å². The Morgan fingerprint density at radius 1 is 1.09 bits per heavy atom. The van der Waals surface area contributed by atoms with Gasteiger partial charge < -0.3 is 42.2 Å². The van der Waals surface area contributed by atoms with Crippen molar-refractivity contribution in [2.24, 2.45) is 11.5 Å². The normalized spacial score (nSPS) is 21.8. The highest BCUT2D eigenvalue weighted by atomic mass is 16.5. The molecule has 2 heterocycles. The summed E-state index contributed by atoms with van der Waals surface area (Å²) >= 11 is 0. The van der Waals surface area contributed by atoms with Crippen molar-refractivity contribution in [3.63, 3.8) is 0 Å². The number of phenols is 1. The van der Waals surface area contributed by atoms with Crippen LogP contribution in [0.5, 0.6) is 17.2 Å². The summed E-state index contributed by atoms with van der Waals surface area (Å²) in [6.45, 7) is 0. The molecule has 0 aliphatic carbocycles. The molecule has 2 aromatic carbocycles. The average Bonchev–Trinajstić information content (AvgIpc) is 2.79. The molecule has 4 rings (SSSR count). The van der Waals surface area contributed by atoms with Gasteiger partial charge in [0, 0.05) is 12.0 Å². The Bertz CT molecular complexity index is 1100. The summed E-state index contributed by atoms with van der Waals surface area (Å²) in [7, 11) is 0. The van der Waals surface area contributed by atoms with Gasteiger partial charge in [0.2, 0.25) is 17.7 Å². The van der Waals surface area contributed by atoms with E-state index in [4.69, 9.17) is 16.2 Å². The number of aromatic hydroxyl groups is 1. The zero-order chi connectivity index (χ0) is 25.0. The van der Waals surface area contributed by atoms with E-state index >= 15 is 0 Å². The lowest BCUT2D eigenvalue weighted by atomic mass is 10.0. The summed E-state index contributed by atoms with van der Waals surface area (Å²) in [5.41, 5.74) is 11.8. The van der Waals surface area contributed by atoms with E-state index in [1.807, 2.05) is 0 Å². The number of ether oxygens (including phenoxy) is 1. The Balaban J connectivity index is 2.02. The standard InChI is InChI=1S/C22H22N4O8/c23-13-7-11-3-6-15(27)16(9-11)34-12-4-1-10(2-5-12)8-14(22(32)33)25-21(31)17(26-20(13)30)18(28)19(24)29/h1,3-4,6,9,13-14,17-18,27-28H,7-8,23H2,(H2,24,29)(H,25,31)(H,26,30)(H,32,33). The lowest BCUT2D eigenvalue weighted by molar-refractivity contribution is -0.144. The first kappa shape index (κ1) is 24.3. The number of nitrogens with one attached hydrogen (secondary N) is 2. The number of carboxylic acids is 1. The number of hydrogen-bond donors (Lipinski definition) is 7. The molecule has 34 heavy (non-hydrogen) atoms. The number of nitrogens with two attached hydrogens (primary N) is 2. The fourth-order valence-electron chi connectivity index (χ4n) is 3.21. The number of aliphatic hydroxyl groups is 1. The topological polar surface area (TPSA) is 214 Å². The van der Waals surface area contributed by atoms with Crippen LogP contribution in [-0.2, 0) is 32.0 Å². The van der Waals surface area contributed by atoms with E-state index in [2.05, 4.69) is 22.8 Å². The first-order chi connectivity index (χ1) is 16.0. The van der Waals surface area contributed by atoms with Gasteiger partial charge in [-0.3, -0.25) is 14.4 Å². The van der Waals surface area contributed by atoms with Crippen LogP contribution in [-0.4, -0.2) is 63.2 Å². The van der Waals surface area contributed by atoms with Crippen molar-refractivity contribution in [2.75, 3.05) is 0 Å². The summed E-state index contributed by atoms with van der Waals surface area (Å²) < 4.78 is 5.61. The van der Waals surface area contributed by atoms with Gasteiger partial charge in [-0.1, -0.05) is 12.1 Å². The highest BCUT2D eigenvalue weighted by Gasteiger charge is 2.35. The molecule has 9 N–H and O–H groups in total. The van der Waals surface area contributed by atoms with Crippen molar-refractivity contribution in [2.45, 2.75) is 37.1 Å². The van der Waals surface area contributed by atoms with Crippen LogP contribution in [0.2, 0.25) is 0 Å². The molecule has 0 aromatic heterocycles. The Morgan fingerprint density at radius 3 is 2.44 bits per heavy atom. The molecule has 2 aliphatic heterocycles. The van der Waals surface area contributed by atoms with E-state index in [0.29, 0.717) is 11.1 Å². The van der Waals surface area contributed by atoms with Crippen molar-refractivity contribution >= 4 is 23.7 Å². The molecule has 0 radical (unpaired) electrons. The predicted octanol–water partition coefficient (Wildman–Crippen LogP) is -1.89. The number of rotatable bonds is 3. The summed E-state index contributed by atoms with van der Waals surface area (Å²) in [4.78, 5) is 48.6. The second-order valence-corrected chi connectivity index (χ2v) is 7.62. The maximum absolute atomic E-state index is 12.7. The minimum Gasteiger partial charge on any atom is -0.504 e. The zero-order valence-electron chi connectivity index (χ0n) is 17.6. The van der Waals surface area contributed by atoms with Gasteiger partial charge in [0.1, 0.15) is 12.1 Å². The highest BCUT2D eigenvalue weighted by molar-refractivity contribution is 5.96. The van der Waals surface area contributed by atoms with Crippen molar-refractivity contribution in [1.82, 2.24) is 10.6 Å². The number of primary amides is 1. The van der Waals surface area contributed by atoms with Crippen LogP contribution in [0.4, 0.5) is 0 Å². The second-order valence-electron chi connectivity index (χ2n) is 7.62. The molecule has 12 heteroatoms. The van der Waals surface area contributed by atoms with Crippen LogP contribution in [0.1, 0.15) is 11.1 Å². The maximum atomic E-state index is 12.7. The molecule has 0 spiro atoms. The molecule has 4 bridgehead atoms. The van der Waals surface area contributed by atoms with E-state index in [0.717, 1.165) is 0 Å². The number of carbonyl (C=O) groups is 4.